The van der Waals surface area contributed by atoms with Crippen LogP contribution >= 0.6 is 0 Å². The minimum absolute atomic E-state index is 0.264. The largest absolute Gasteiger partial charge is 0.363 e. The molecule has 0 radical (unpaired) electrons. The summed E-state index contributed by atoms with van der Waals surface area (Å²) in [5.74, 6) is -1.67. The number of nitrogens with one attached hydrogen (secondary N) is 1. The Morgan fingerprint density at radius 3 is 2.93 bits per heavy atom. The molecule has 0 aromatic carbocycles. The summed E-state index contributed by atoms with van der Waals surface area (Å²) in [6, 6.07) is 1.72. The fraction of sp³-hybridized carbons (Fsp3) is 0. The Bertz CT molecular complexity index is 516. The number of nitrogens with zero attached hydrogens (tertiary/aromatic N) is 1. The van der Waals surface area contributed by atoms with Crippen molar-refractivity contribution in [2.75, 3.05) is 0 Å². The summed E-state index contributed by atoms with van der Waals surface area (Å²) in [5.41, 5.74) is 5.91. The highest BCUT2D eigenvalue weighted by Crippen LogP contribution is 2.16. The van der Waals surface area contributed by atoms with E-state index < -0.39 is 11.7 Å². The van der Waals surface area contributed by atoms with Crippen molar-refractivity contribution in [1.82, 2.24) is 9.97 Å². The topological polar surface area (TPSA) is 88.8 Å². The molecule has 5 heteroatoms. The number of H-pyrrole nitrogens is 1. The number of fused-ring (bicyclic) bond motifs is 1. The number of aromatic nitrogens is 2. The van der Waals surface area contributed by atoms with Crippen LogP contribution in [0.3, 0.4) is 0 Å². The molecule has 0 saturated carbocycles. The number of carbonyl (C=O) groups is 2. The lowest BCUT2D eigenvalue weighted by atomic mass is 10.1. The number of rotatable bonds is 2. The summed E-state index contributed by atoms with van der Waals surface area (Å²) in [4.78, 5) is 28.7. The molecule has 0 spiro atoms. The van der Waals surface area contributed by atoms with Gasteiger partial charge in [-0.25, -0.2) is 0 Å². The van der Waals surface area contributed by atoms with Gasteiger partial charge in [0.1, 0.15) is 0 Å². The molecule has 3 N–H and O–H groups in total. The van der Waals surface area contributed by atoms with Crippen LogP contribution in [-0.2, 0) is 4.79 Å². The normalized spacial score (nSPS) is 10.3. The summed E-state index contributed by atoms with van der Waals surface area (Å²) in [5, 5.41) is 0.608. The fourth-order valence-electron chi connectivity index (χ4n) is 1.28. The molecule has 0 unspecified atom stereocenters. The van der Waals surface area contributed by atoms with E-state index >= 15 is 0 Å². The Morgan fingerprint density at radius 1 is 1.43 bits per heavy atom. The zero-order valence-electron chi connectivity index (χ0n) is 7.15. The van der Waals surface area contributed by atoms with E-state index in [2.05, 4.69) is 9.97 Å². The smallest absolute Gasteiger partial charge is 0.289 e. The van der Waals surface area contributed by atoms with Gasteiger partial charge in [-0.05, 0) is 6.07 Å². The van der Waals surface area contributed by atoms with Crippen molar-refractivity contribution < 1.29 is 9.59 Å². The minimum atomic E-state index is -0.963. The maximum absolute atomic E-state index is 11.3. The Morgan fingerprint density at radius 2 is 2.21 bits per heavy atom. The predicted molar refractivity (Wildman–Crippen MR) is 49.6 cm³/mol. The Labute approximate surface area is 78.9 Å². The zero-order chi connectivity index (χ0) is 10.1. The third-order valence-electron chi connectivity index (χ3n) is 1.95. The third kappa shape index (κ3) is 1.15. The second-order valence-corrected chi connectivity index (χ2v) is 2.82. The number of aromatic amines is 1. The first-order chi connectivity index (χ1) is 6.70. The monoisotopic (exact) mass is 189 g/mol. The quantitative estimate of drug-likeness (QED) is 0.523. The van der Waals surface area contributed by atoms with Gasteiger partial charge in [0, 0.05) is 29.5 Å². The van der Waals surface area contributed by atoms with Crippen molar-refractivity contribution in [2.45, 2.75) is 0 Å². The Kier molecular flexibility index (Phi) is 1.78. The van der Waals surface area contributed by atoms with Gasteiger partial charge in [0.2, 0.25) is 0 Å². The predicted octanol–water partition coefficient (Wildman–Crippen LogP) is 0.231. The SMILES string of the molecule is NC(=O)C(=O)c1c[nH]c2ccncc12. The average Bonchev–Trinajstić information content (AvgIpc) is 2.60. The number of hydrogen-bond acceptors (Lipinski definition) is 3. The molecule has 14 heavy (non-hydrogen) atoms. The number of carbonyl (C=O) groups excluding carboxylic acids is 2. The van der Waals surface area contributed by atoms with Crippen LogP contribution in [0.5, 0.6) is 0 Å². The van der Waals surface area contributed by atoms with Gasteiger partial charge in [-0.2, -0.15) is 0 Å². The van der Waals surface area contributed by atoms with Crippen LogP contribution in [-0.4, -0.2) is 21.7 Å². The van der Waals surface area contributed by atoms with Crippen molar-refractivity contribution in [2.24, 2.45) is 5.73 Å². The highest BCUT2D eigenvalue weighted by atomic mass is 16.2. The first kappa shape index (κ1) is 8.43. The molecular weight excluding hydrogens is 182 g/mol. The lowest BCUT2D eigenvalue weighted by molar-refractivity contribution is -0.114. The number of pyridine rings is 1. The summed E-state index contributed by atoms with van der Waals surface area (Å²) in [6.07, 6.45) is 4.57. The van der Waals surface area contributed by atoms with Crippen molar-refractivity contribution in [3.8, 4) is 0 Å². The summed E-state index contributed by atoms with van der Waals surface area (Å²) in [7, 11) is 0. The van der Waals surface area contributed by atoms with E-state index in [0.717, 1.165) is 5.52 Å². The summed E-state index contributed by atoms with van der Waals surface area (Å²) in [6.45, 7) is 0. The first-order valence-corrected chi connectivity index (χ1v) is 3.95. The number of ketones is 1. The number of primary amides is 1. The van der Waals surface area contributed by atoms with Crippen LogP contribution < -0.4 is 5.73 Å². The van der Waals surface area contributed by atoms with E-state index in [-0.39, 0.29) is 5.56 Å². The fourth-order valence-corrected chi connectivity index (χ4v) is 1.28. The molecule has 2 aromatic heterocycles. The van der Waals surface area contributed by atoms with E-state index in [4.69, 9.17) is 5.73 Å². The van der Waals surface area contributed by atoms with Crippen LogP contribution in [0.2, 0.25) is 0 Å². The van der Waals surface area contributed by atoms with Gasteiger partial charge in [-0.1, -0.05) is 0 Å². The maximum atomic E-state index is 11.3. The van der Waals surface area contributed by atoms with E-state index in [9.17, 15) is 9.59 Å². The molecule has 0 bridgehead atoms. The van der Waals surface area contributed by atoms with Gasteiger partial charge in [-0.3, -0.25) is 14.6 Å². The number of Topliss-reactive ketones (excluding diaryl/α,β-unsaturated/α-hetero) is 1. The van der Waals surface area contributed by atoms with Crippen molar-refractivity contribution >= 4 is 22.6 Å². The lowest BCUT2D eigenvalue weighted by Crippen LogP contribution is -2.22. The molecule has 0 aliphatic carbocycles. The molecule has 0 fully saturated rings. The maximum Gasteiger partial charge on any atom is 0.289 e. The van der Waals surface area contributed by atoms with E-state index in [1.807, 2.05) is 0 Å². The van der Waals surface area contributed by atoms with Gasteiger partial charge in [0.15, 0.2) is 0 Å². The minimum Gasteiger partial charge on any atom is -0.363 e. The second-order valence-electron chi connectivity index (χ2n) is 2.82. The van der Waals surface area contributed by atoms with Gasteiger partial charge >= 0.3 is 0 Å². The highest BCUT2D eigenvalue weighted by molar-refractivity contribution is 6.44. The zero-order valence-corrected chi connectivity index (χ0v) is 7.15. The van der Waals surface area contributed by atoms with Gasteiger partial charge < -0.3 is 10.7 Å². The number of nitrogens with two attached hydrogens (primary N) is 1. The standard InChI is InChI=1S/C9H7N3O2/c10-9(14)8(13)6-4-12-7-1-2-11-3-5(6)7/h1-4,12H,(H2,10,14). The summed E-state index contributed by atoms with van der Waals surface area (Å²) >= 11 is 0. The van der Waals surface area contributed by atoms with E-state index in [1.165, 1.54) is 12.4 Å². The molecule has 2 aromatic rings. The first-order valence-electron chi connectivity index (χ1n) is 3.95. The molecule has 5 nitrogen and oxygen atoms in total. The van der Waals surface area contributed by atoms with E-state index in [0.29, 0.717) is 5.39 Å². The molecule has 2 heterocycles. The molecule has 70 valence electrons. The van der Waals surface area contributed by atoms with Gasteiger partial charge in [-0.15, -0.1) is 0 Å². The molecule has 1 amide bonds. The van der Waals surface area contributed by atoms with Crippen molar-refractivity contribution in [1.29, 1.82) is 0 Å². The van der Waals surface area contributed by atoms with Crippen LogP contribution in [0.25, 0.3) is 10.9 Å². The number of amides is 1. The van der Waals surface area contributed by atoms with Crippen LogP contribution in [0.4, 0.5) is 0 Å². The molecule has 0 atom stereocenters. The van der Waals surface area contributed by atoms with Gasteiger partial charge in [0.25, 0.3) is 11.7 Å². The van der Waals surface area contributed by atoms with Crippen molar-refractivity contribution in [3.05, 3.63) is 30.2 Å². The van der Waals surface area contributed by atoms with Crippen molar-refractivity contribution in [3.63, 3.8) is 0 Å². The molecular formula is C9H7N3O2. The second kappa shape index (κ2) is 2.95. The van der Waals surface area contributed by atoms with Gasteiger partial charge in [0.05, 0.1) is 5.56 Å². The van der Waals surface area contributed by atoms with E-state index in [1.54, 1.807) is 12.3 Å². The third-order valence-corrected chi connectivity index (χ3v) is 1.95. The van der Waals surface area contributed by atoms with Crippen LogP contribution in [0, 0.1) is 0 Å². The Hall–Kier alpha value is -2.17. The lowest BCUT2D eigenvalue weighted by Gasteiger charge is -1.92. The van der Waals surface area contributed by atoms with Crippen LogP contribution in [0.1, 0.15) is 10.4 Å². The summed E-state index contributed by atoms with van der Waals surface area (Å²) < 4.78 is 0. The Balaban J connectivity index is 2.64. The molecule has 0 aliphatic rings. The average molecular weight is 189 g/mol. The van der Waals surface area contributed by atoms with Crippen LogP contribution in [0.15, 0.2) is 24.7 Å². The number of hydrogen-bond donors (Lipinski definition) is 2. The molecule has 2 rings (SSSR count). The molecule has 0 saturated heterocycles. The highest BCUT2D eigenvalue weighted by Gasteiger charge is 2.16. The molecule has 0 aliphatic heterocycles.